The molecule has 1 aliphatic rings. The number of hydrogen-bond donors (Lipinski definition) is 1. The van der Waals surface area contributed by atoms with Crippen LogP contribution in [0.4, 0.5) is 5.82 Å². The van der Waals surface area contributed by atoms with Crippen molar-refractivity contribution in [2.24, 2.45) is 13.0 Å². The second kappa shape index (κ2) is 4.65. The molecule has 0 aromatic carbocycles. The number of nitrogens with one attached hydrogen (secondary N) is 1. The van der Waals surface area contributed by atoms with E-state index in [0.29, 0.717) is 6.04 Å². The third-order valence-electron chi connectivity index (χ3n) is 3.29. The lowest BCUT2D eigenvalue weighted by Crippen LogP contribution is -2.12. The number of thiophene rings is 1. The van der Waals surface area contributed by atoms with E-state index in [9.17, 15) is 0 Å². The molecule has 2 heterocycles. The van der Waals surface area contributed by atoms with E-state index in [-0.39, 0.29) is 0 Å². The first-order valence-corrected chi connectivity index (χ1v) is 7.04. The Morgan fingerprint density at radius 3 is 2.94 bits per heavy atom. The molecule has 96 valence electrons. The first-order valence-electron chi connectivity index (χ1n) is 6.16. The first-order chi connectivity index (χ1) is 8.78. The molecule has 5 heteroatoms. The molecule has 0 spiro atoms. The zero-order valence-electron chi connectivity index (χ0n) is 10.6. The highest BCUT2D eigenvalue weighted by Gasteiger charge is 2.33. The minimum Gasteiger partial charge on any atom is -0.481 e. The summed E-state index contributed by atoms with van der Waals surface area (Å²) in [6, 6.07) is 6.64. The summed E-state index contributed by atoms with van der Waals surface area (Å²) in [4.78, 5) is 1.39. The number of aryl methyl sites for hydroxylation is 1. The zero-order valence-corrected chi connectivity index (χ0v) is 11.4. The van der Waals surface area contributed by atoms with Crippen LogP contribution in [-0.2, 0) is 7.05 Å². The average Bonchev–Trinajstić information content (AvgIpc) is 2.93. The van der Waals surface area contributed by atoms with Crippen LogP contribution in [0.3, 0.4) is 0 Å². The van der Waals surface area contributed by atoms with E-state index in [1.807, 2.05) is 24.5 Å². The molecule has 0 amide bonds. The maximum Gasteiger partial charge on any atom is 0.213 e. The molecule has 4 nitrogen and oxygen atoms in total. The summed E-state index contributed by atoms with van der Waals surface area (Å²) in [6.07, 6.45) is 2.61. The van der Waals surface area contributed by atoms with E-state index in [1.165, 1.54) is 17.7 Å². The molecule has 1 saturated carbocycles. The van der Waals surface area contributed by atoms with Crippen molar-refractivity contribution >= 4 is 17.2 Å². The molecule has 0 bridgehead atoms. The van der Waals surface area contributed by atoms with Crippen LogP contribution < -0.4 is 10.1 Å². The van der Waals surface area contributed by atoms with E-state index in [4.69, 9.17) is 4.74 Å². The number of methoxy groups -OCH3 is 1. The van der Waals surface area contributed by atoms with Gasteiger partial charge in [0.2, 0.25) is 5.88 Å². The lowest BCUT2D eigenvalue weighted by molar-refractivity contribution is 0.373. The van der Waals surface area contributed by atoms with Gasteiger partial charge in [-0.05, 0) is 30.2 Å². The van der Waals surface area contributed by atoms with E-state index < -0.39 is 0 Å². The summed E-state index contributed by atoms with van der Waals surface area (Å²) in [6.45, 7) is 0. The molecule has 3 rings (SSSR count). The van der Waals surface area contributed by atoms with E-state index in [0.717, 1.165) is 17.6 Å². The van der Waals surface area contributed by atoms with Crippen molar-refractivity contribution in [3.63, 3.8) is 0 Å². The number of rotatable bonds is 5. The Labute approximate surface area is 111 Å². The van der Waals surface area contributed by atoms with Crippen LogP contribution in [0.1, 0.15) is 23.8 Å². The second-order valence-electron chi connectivity index (χ2n) is 4.67. The first kappa shape index (κ1) is 11.6. The molecule has 1 N–H and O–H groups in total. The predicted molar refractivity (Wildman–Crippen MR) is 73.2 cm³/mol. The summed E-state index contributed by atoms with van der Waals surface area (Å²) in [7, 11) is 3.56. The highest BCUT2D eigenvalue weighted by molar-refractivity contribution is 7.10. The summed E-state index contributed by atoms with van der Waals surface area (Å²) >= 11 is 1.81. The van der Waals surface area contributed by atoms with Crippen LogP contribution in [0.15, 0.2) is 23.6 Å². The average molecular weight is 263 g/mol. The van der Waals surface area contributed by atoms with Gasteiger partial charge in [0.15, 0.2) is 5.82 Å². The van der Waals surface area contributed by atoms with Gasteiger partial charge in [0.05, 0.1) is 13.2 Å². The fourth-order valence-corrected chi connectivity index (χ4v) is 3.06. The van der Waals surface area contributed by atoms with E-state index in [2.05, 4.69) is 27.9 Å². The van der Waals surface area contributed by atoms with Gasteiger partial charge in [-0.25, -0.2) is 4.68 Å². The highest BCUT2D eigenvalue weighted by atomic mass is 32.1. The van der Waals surface area contributed by atoms with Gasteiger partial charge < -0.3 is 10.1 Å². The zero-order chi connectivity index (χ0) is 12.5. The Hall–Kier alpha value is -1.49. The monoisotopic (exact) mass is 263 g/mol. The predicted octanol–water partition coefficient (Wildman–Crippen LogP) is 3.05. The van der Waals surface area contributed by atoms with Crippen LogP contribution in [0.5, 0.6) is 5.88 Å². The summed E-state index contributed by atoms with van der Waals surface area (Å²) in [5.41, 5.74) is 0. The van der Waals surface area contributed by atoms with Gasteiger partial charge in [0, 0.05) is 18.0 Å². The van der Waals surface area contributed by atoms with Gasteiger partial charge in [-0.15, -0.1) is 11.3 Å². The van der Waals surface area contributed by atoms with Crippen molar-refractivity contribution in [2.75, 3.05) is 12.4 Å². The van der Waals surface area contributed by atoms with Crippen molar-refractivity contribution in [1.82, 2.24) is 9.78 Å². The molecule has 1 atom stereocenters. The van der Waals surface area contributed by atoms with Gasteiger partial charge >= 0.3 is 0 Å². The summed E-state index contributed by atoms with van der Waals surface area (Å²) < 4.78 is 6.99. The highest BCUT2D eigenvalue weighted by Crippen LogP contribution is 2.44. The van der Waals surface area contributed by atoms with Crippen LogP contribution in [0.2, 0.25) is 0 Å². The van der Waals surface area contributed by atoms with E-state index >= 15 is 0 Å². The Balaban J connectivity index is 1.80. The smallest absolute Gasteiger partial charge is 0.213 e. The quantitative estimate of drug-likeness (QED) is 0.901. The fraction of sp³-hybridized carbons (Fsp3) is 0.462. The molecular weight excluding hydrogens is 246 g/mol. The van der Waals surface area contributed by atoms with Gasteiger partial charge in [0.25, 0.3) is 0 Å². The van der Waals surface area contributed by atoms with E-state index in [1.54, 1.807) is 11.8 Å². The minimum absolute atomic E-state index is 0.393. The molecule has 1 unspecified atom stereocenters. The Morgan fingerprint density at radius 1 is 1.56 bits per heavy atom. The Kier molecular flexibility index (Phi) is 2.99. The number of nitrogens with zero attached hydrogens (tertiary/aromatic N) is 2. The lowest BCUT2D eigenvalue weighted by Gasteiger charge is -2.15. The molecule has 0 saturated heterocycles. The van der Waals surface area contributed by atoms with Crippen molar-refractivity contribution in [1.29, 1.82) is 0 Å². The van der Waals surface area contributed by atoms with Crippen LogP contribution in [0.25, 0.3) is 0 Å². The number of hydrogen-bond acceptors (Lipinski definition) is 4. The molecule has 18 heavy (non-hydrogen) atoms. The third-order valence-corrected chi connectivity index (χ3v) is 4.25. The molecule has 1 fully saturated rings. The molecule has 1 aliphatic carbocycles. The normalized spacial score (nSPS) is 16.6. The standard InChI is InChI=1S/C13H17N3OS/c1-16-12(17-2)8-11(15-16)14-13(9-5-6-9)10-4-3-7-18-10/h3-4,7-9,13H,5-6H2,1-2H3,(H,14,15). The van der Waals surface area contributed by atoms with Crippen LogP contribution in [-0.4, -0.2) is 16.9 Å². The fourth-order valence-electron chi connectivity index (χ4n) is 2.19. The number of ether oxygens (including phenoxy) is 1. The molecular formula is C13H17N3OS. The molecule has 2 aromatic heterocycles. The second-order valence-corrected chi connectivity index (χ2v) is 5.65. The Bertz CT molecular complexity index is 516. The molecule has 0 aliphatic heterocycles. The number of anilines is 1. The number of aromatic nitrogens is 2. The molecule has 0 radical (unpaired) electrons. The third kappa shape index (κ3) is 2.22. The van der Waals surface area contributed by atoms with Crippen LogP contribution >= 0.6 is 11.3 Å². The Morgan fingerprint density at radius 2 is 2.39 bits per heavy atom. The largest absolute Gasteiger partial charge is 0.481 e. The lowest BCUT2D eigenvalue weighted by atomic mass is 10.1. The summed E-state index contributed by atoms with van der Waals surface area (Å²) in [5, 5.41) is 10.1. The van der Waals surface area contributed by atoms with Gasteiger partial charge in [-0.1, -0.05) is 6.07 Å². The SMILES string of the molecule is COc1cc(NC(c2cccs2)C2CC2)nn1C. The minimum atomic E-state index is 0.393. The van der Waals surface area contributed by atoms with Crippen molar-refractivity contribution < 1.29 is 4.74 Å². The van der Waals surface area contributed by atoms with Gasteiger partial charge in [0.1, 0.15) is 0 Å². The maximum atomic E-state index is 5.24. The van der Waals surface area contributed by atoms with Crippen molar-refractivity contribution in [2.45, 2.75) is 18.9 Å². The van der Waals surface area contributed by atoms with Gasteiger partial charge in [-0.3, -0.25) is 0 Å². The molecule has 2 aromatic rings. The summed E-state index contributed by atoms with van der Waals surface area (Å²) in [5.74, 6) is 2.41. The maximum absolute atomic E-state index is 5.24. The van der Waals surface area contributed by atoms with Gasteiger partial charge in [-0.2, -0.15) is 5.10 Å². The van der Waals surface area contributed by atoms with Crippen molar-refractivity contribution in [3.8, 4) is 5.88 Å². The van der Waals surface area contributed by atoms with Crippen molar-refractivity contribution in [3.05, 3.63) is 28.5 Å². The topological polar surface area (TPSA) is 39.1 Å². The van der Waals surface area contributed by atoms with Crippen LogP contribution in [0, 0.1) is 5.92 Å².